The van der Waals surface area contributed by atoms with Crippen LogP contribution in [0.5, 0.6) is 0 Å². The molecule has 0 aliphatic heterocycles. The van der Waals surface area contributed by atoms with Gasteiger partial charge in [-0.25, -0.2) is 0 Å². The summed E-state index contributed by atoms with van der Waals surface area (Å²) in [6, 6.07) is 83.5. The Bertz CT molecular complexity index is 3880. The van der Waals surface area contributed by atoms with Crippen LogP contribution < -0.4 is 4.90 Å². The molecule has 3 heterocycles. The van der Waals surface area contributed by atoms with Crippen LogP contribution in [0.1, 0.15) is 0 Å². The zero-order valence-corrected chi connectivity index (χ0v) is 35.5. The maximum atomic E-state index is 6.92. The molecule has 4 heteroatoms. The molecular formula is C60H38N2OS. The van der Waals surface area contributed by atoms with E-state index in [1.807, 2.05) is 11.3 Å². The first kappa shape index (κ1) is 36.5. The molecule has 0 fully saturated rings. The molecule has 64 heavy (non-hydrogen) atoms. The van der Waals surface area contributed by atoms with Crippen molar-refractivity contribution in [3.63, 3.8) is 0 Å². The van der Waals surface area contributed by atoms with Gasteiger partial charge in [0.2, 0.25) is 0 Å². The van der Waals surface area contributed by atoms with Crippen LogP contribution in [0.2, 0.25) is 0 Å². The fourth-order valence-electron chi connectivity index (χ4n) is 9.85. The smallest absolute Gasteiger partial charge is 0.143 e. The number of rotatable bonds is 7. The Morgan fingerprint density at radius 1 is 0.344 bits per heavy atom. The normalized spacial score (nSPS) is 11.8. The van der Waals surface area contributed by atoms with Gasteiger partial charge in [0.15, 0.2) is 0 Å². The minimum Gasteiger partial charge on any atom is -0.455 e. The fourth-order valence-corrected chi connectivity index (χ4v) is 10.9. The summed E-state index contributed by atoms with van der Waals surface area (Å²) in [6.07, 6.45) is 0. The molecule has 0 saturated heterocycles. The van der Waals surface area contributed by atoms with Gasteiger partial charge in [0.1, 0.15) is 11.2 Å². The van der Waals surface area contributed by atoms with Gasteiger partial charge in [0, 0.05) is 69.9 Å². The first-order chi connectivity index (χ1) is 31.7. The molecule has 0 bridgehead atoms. The molecule has 0 aliphatic carbocycles. The third-order valence-corrected chi connectivity index (χ3v) is 13.9. The van der Waals surface area contributed by atoms with Crippen LogP contribution in [0.3, 0.4) is 0 Å². The van der Waals surface area contributed by atoms with Gasteiger partial charge in [-0.3, -0.25) is 0 Å². The monoisotopic (exact) mass is 834 g/mol. The van der Waals surface area contributed by atoms with Crippen LogP contribution in [-0.2, 0) is 0 Å². The molecule has 0 saturated carbocycles. The van der Waals surface area contributed by atoms with Crippen LogP contribution in [-0.4, -0.2) is 4.57 Å². The zero-order valence-electron chi connectivity index (χ0n) is 34.7. The highest BCUT2D eigenvalue weighted by Crippen LogP contribution is 2.47. The van der Waals surface area contributed by atoms with Crippen molar-refractivity contribution in [3.8, 4) is 39.1 Å². The van der Waals surface area contributed by atoms with E-state index < -0.39 is 0 Å². The van der Waals surface area contributed by atoms with E-state index >= 15 is 0 Å². The third-order valence-electron chi connectivity index (χ3n) is 12.8. The van der Waals surface area contributed by atoms with Crippen molar-refractivity contribution in [2.45, 2.75) is 0 Å². The first-order valence-corrected chi connectivity index (χ1v) is 22.6. The van der Waals surface area contributed by atoms with Crippen LogP contribution in [0.15, 0.2) is 235 Å². The second-order valence-corrected chi connectivity index (χ2v) is 17.6. The molecule has 13 rings (SSSR count). The van der Waals surface area contributed by atoms with Crippen molar-refractivity contribution < 1.29 is 4.42 Å². The Hall–Kier alpha value is -8.18. The number of aromatic nitrogens is 1. The van der Waals surface area contributed by atoms with Crippen LogP contribution >= 0.6 is 11.3 Å². The molecule has 0 atom stereocenters. The second-order valence-electron chi connectivity index (χ2n) is 16.5. The number of hydrogen-bond acceptors (Lipinski definition) is 3. The summed E-state index contributed by atoms with van der Waals surface area (Å²) in [5.74, 6) is 0. The summed E-state index contributed by atoms with van der Waals surface area (Å²) in [4.78, 5) is 2.42. The number of hydrogen-bond donors (Lipinski definition) is 0. The summed E-state index contributed by atoms with van der Waals surface area (Å²) in [7, 11) is 0. The van der Waals surface area contributed by atoms with E-state index in [1.165, 1.54) is 42.1 Å². The van der Waals surface area contributed by atoms with E-state index in [0.717, 1.165) is 78.0 Å². The van der Waals surface area contributed by atoms with Crippen molar-refractivity contribution in [1.29, 1.82) is 0 Å². The van der Waals surface area contributed by atoms with Gasteiger partial charge in [-0.1, -0.05) is 152 Å². The molecule has 300 valence electrons. The minimum atomic E-state index is 0.862. The lowest BCUT2D eigenvalue weighted by atomic mass is 9.97. The quantitative estimate of drug-likeness (QED) is 0.159. The average molecular weight is 835 g/mol. The van der Waals surface area contributed by atoms with Crippen LogP contribution in [0.4, 0.5) is 17.1 Å². The molecule has 13 aromatic rings. The largest absolute Gasteiger partial charge is 0.455 e. The lowest BCUT2D eigenvalue weighted by Crippen LogP contribution is -2.10. The Morgan fingerprint density at radius 2 is 0.922 bits per heavy atom. The van der Waals surface area contributed by atoms with Gasteiger partial charge < -0.3 is 13.9 Å². The topological polar surface area (TPSA) is 21.3 Å². The number of anilines is 3. The Balaban J connectivity index is 1.07. The maximum Gasteiger partial charge on any atom is 0.143 e. The predicted octanol–water partition coefficient (Wildman–Crippen LogP) is 17.5. The minimum absolute atomic E-state index is 0.862. The highest BCUT2D eigenvalue weighted by atomic mass is 32.1. The lowest BCUT2D eigenvalue weighted by Gasteiger charge is -2.27. The van der Waals surface area contributed by atoms with Crippen molar-refractivity contribution >= 4 is 92.3 Å². The number of nitrogens with zero attached hydrogens (tertiary/aromatic N) is 2. The van der Waals surface area contributed by atoms with E-state index in [1.54, 1.807) is 0 Å². The summed E-state index contributed by atoms with van der Waals surface area (Å²) >= 11 is 1.85. The van der Waals surface area contributed by atoms with E-state index in [-0.39, 0.29) is 0 Å². The van der Waals surface area contributed by atoms with Crippen LogP contribution in [0, 0.1) is 0 Å². The zero-order chi connectivity index (χ0) is 42.1. The Kier molecular flexibility index (Phi) is 8.40. The number of thiophene rings is 1. The van der Waals surface area contributed by atoms with E-state index in [4.69, 9.17) is 4.42 Å². The molecule has 3 aromatic heterocycles. The molecule has 0 unspecified atom stereocenters. The van der Waals surface area contributed by atoms with Crippen molar-refractivity contribution in [2.75, 3.05) is 4.90 Å². The van der Waals surface area contributed by atoms with E-state index in [0.29, 0.717) is 0 Å². The molecular weight excluding hydrogens is 797 g/mol. The van der Waals surface area contributed by atoms with Crippen molar-refractivity contribution in [2.24, 2.45) is 0 Å². The summed E-state index contributed by atoms with van der Waals surface area (Å²) < 4.78 is 11.9. The summed E-state index contributed by atoms with van der Waals surface area (Å²) in [5, 5.41) is 7.19. The maximum absolute atomic E-state index is 6.92. The highest BCUT2D eigenvalue weighted by molar-refractivity contribution is 7.25. The first-order valence-electron chi connectivity index (χ1n) is 21.7. The SMILES string of the molecule is c1ccc(-c2cccc(N(c3cccc(-c4ccc5sc6ccccc6c5c4)c3)c3cc(-c4ccccc4-n4c5ccccc5c5ccccc54)c4oc5ccccc5c4c3)c2)cc1. The molecule has 0 radical (unpaired) electrons. The van der Waals surface area contributed by atoms with Gasteiger partial charge in [-0.15, -0.1) is 11.3 Å². The van der Waals surface area contributed by atoms with Gasteiger partial charge in [0.25, 0.3) is 0 Å². The molecule has 0 aliphatic rings. The number of para-hydroxylation sites is 4. The van der Waals surface area contributed by atoms with Crippen molar-refractivity contribution in [3.05, 3.63) is 231 Å². The molecule has 0 amide bonds. The van der Waals surface area contributed by atoms with Gasteiger partial charge in [0.05, 0.1) is 16.7 Å². The van der Waals surface area contributed by atoms with Gasteiger partial charge >= 0.3 is 0 Å². The molecule has 0 N–H and O–H groups in total. The third kappa shape index (κ3) is 5.88. The summed E-state index contributed by atoms with van der Waals surface area (Å²) in [6.45, 7) is 0. The Labute approximate surface area is 373 Å². The van der Waals surface area contributed by atoms with Gasteiger partial charge in [-0.2, -0.15) is 0 Å². The average Bonchev–Trinajstić information content (AvgIpc) is 4.04. The fraction of sp³-hybridized carbons (Fsp3) is 0. The number of fused-ring (bicyclic) bond motifs is 9. The number of furan rings is 1. The standard InChI is InChI=1S/C60H38N2OS/c1-2-16-39(17-3-1)40-18-14-20-43(34-40)61(44-21-15-19-41(35-44)42-32-33-59-51(36-42)50-26-8-13-31-58(50)64-59)45-37-52(60-53(38-45)49-25-7-12-30-57(49)63-60)48-24-6-11-29-56(48)62-54-27-9-4-22-46(54)47-23-5-10-28-55(47)62/h1-38H. The van der Waals surface area contributed by atoms with E-state index in [9.17, 15) is 0 Å². The van der Waals surface area contributed by atoms with Gasteiger partial charge in [-0.05, 0) is 101 Å². The molecule has 3 nitrogen and oxygen atoms in total. The summed E-state index contributed by atoms with van der Waals surface area (Å²) in [5.41, 5.74) is 15.1. The van der Waals surface area contributed by atoms with E-state index in [2.05, 4.69) is 240 Å². The highest BCUT2D eigenvalue weighted by Gasteiger charge is 2.23. The van der Waals surface area contributed by atoms with Crippen LogP contribution in [0.25, 0.3) is 103 Å². The molecule has 0 spiro atoms. The number of benzene rings is 10. The molecule has 10 aromatic carbocycles. The van der Waals surface area contributed by atoms with Crippen molar-refractivity contribution in [1.82, 2.24) is 4.57 Å². The lowest BCUT2D eigenvalue weighted by molar-refractivity contribution is 0.670. The second kappa shape index (κ2) is 14.7. The Morgan fingerprint density at radius 3 is 1.69 bits per heavy atom. The predicted molar refractivity (Wildman–Crippen MR) is 272 cm³/mol.